The third-order valence-electron chi connectivity index (χ3n) is 2.48. The fourth-order valence-electron chi connectivity index (χ4n) is 1.57. The van der Waals surface area contributed by atoms with Gasteiger partial charge in [-0.15, -0.1) is 5.10 Å². The van der Waals surface area contributed by atoms with Crippen molar-refractivity contribution < 1.29 is 4.79 Å². The zero-order chi connectivity index (χ0) is 11.5. The number of hydrogen-bond donors (Lipinski definition) is 0. The Hall–Kier alpha value is -1.48. The first-order valence-electron chi connectivity index (χ1n) is 5.14. The normalized spacial score (nSPS) is 10.6. The summed E-state index contributed by atoms with van der Waals surface area (Å²) in [5, 5.41) is 9.98. The van der Waals surface area contributed by atoms with E-state index in [0.29, 0.717) is 23.7 Å². The lowest BCUT2D eigenvalue weighted by molar-refractivity contribution is -0.118. The highest BCUT2D eigenvalue weighted by Gasteiger charge is 2.09. The van der Waals surface area contributed by atoms with Gasteiger partial charge in [-0.2, -0.15) is 5.10 Å². The van der Waals surface area contributed by atoms with Crippen molar-refractivity contribution in [3.8, 4) is 0 Å². The average Bonchev–Trinajstić information content (AvgIpc) is 2.33. The molecule has 1 aromatic carbocycles. The molecule has 0 amide bonds. The van der Waals surface area contributed by atoms with Gasteiger partial charge in [0.05, 0.1) is 12.1 Å². The molecule has 0 aliphatic rings. The fourth-order valence-corrected chi connectivity index (χ4v) is 1.77. The molecule has 0 saturated carbocycles. The first kappa shape index (κ1) is 11.0. The van der Waals surface area contributed by atoms with Gasteiger partial charge in [0.1, 0.15) is 5.78 Å². The van der Waals surface area contributed by atoms with Gasteiger partial charge in [0.15, 0.2) is 5.15 Å². The topological polar surface area (TPSA) is 42.9 Å². The Morgan fingerprint density at radius 3 is 2.62 bits per heavy atom. The Morgan fingerprint density at radius 2 is 1.94 bits per heavy atom. The summed E-state index contributed by atoms with van der Waals surface area (Å²) in [4.78, 5) is 11.4. The smallest absolute Gasteiger partial charge is 0.159 e. The van der Waals surface area contributed by atoms with Crippen molar-refractivity contribution in [2.24, 2.45) is 0 Å². The van der Waals surface area contributed by atoms with Gasteiger partial charge in [0.2, 0.25) is 0 Å². The van der Waals surface area contributed by atoms with Crippen molar-refractivity contribution in [1.29, 1.82) is 0 Å². The van der Waals surface area contributed by atoms with Crippen LogP contribution >= 0.6 is 11.6 Å². The largest absolute Gasteiger partial charge is 0.299 e. The standard InChI is InChI=1S/C12H11ClN2O/c1-2-8(16)7-11-9-5-3-4-6-10(9)12(13)15-14-11/h3-6H,2,7H2,1H3. The number of rotatable bonds is 3. The summed E-state index contributed by atoms with van der Waals surface area (Å²) in [6.45, 7) is 1.84. The van der Waals surface area contributed by atoms with Crippen LogP contribution in [0.1, 0.15) is 19.0 Å². The van der Waals surface area contributed by atoms with Crippen LogP contribution in [0.15, 0.2) is 24.3 Å². The van der Waals surface area contributed by atoms with Gasteiger partial charge >= 0.3 is 0 Å². The first-order valence-corrected chi connectivity index (χ1v) is 5.51. The van der Waals surface area contributed by atoms with Gasteiger partial charge in [-0.05, 0) is 0 Å². The van der Waals surface area contributed by atoms with Crippen LogP contribution in [0.4, 0.5) is 0 Å². The maximum Gasteiger partial charge on any atom is 0.159 e. The number of benzene rings is 1. The minimum Gasteiger partial charge on any atom is -0.299 e. The molecule has 82 valence electrons. The Morgan fingerprint density at radius 1 is 1.25 bits per heavy atom. The van der Waals surface area contributed by atoms with Crippen molar-refractivity contribution >= 4 is 28.2 Å². The lowest BCUT2D eigenvalue weighted by Crippen LogP contribution is -2.04. The molecular formula is C12H11ClN2O. The molecule has 0 atom stereocenters. The van der Waals surface area contributed by atoms with Crippen LogP contribution in [0.5, 0.6) is 0 Å². The Bertz CT molecular complexity index is 540. The average molecular weight is 235 g/mol. The van der Waals surface area contributed by atoms with Crippen LogP contribution in [0.2, 0.25) is 5.15 Å². The number of ketones is 1. The summed E-state index contributed by atoms with van der Waals surface area (Å²) in [5.74, 6) is 0.154. The van der Waals surface area contributed by atoms with Crippen molar-refractivity contribution in [3.63, 3.8) is 0 Å². The van der Waals surface area contributed by atoms with Crippen LogP contribution in [-0.2, 0) is 11.2 Å². The second kappa shape index (κ2) is 4.58. The zero-order valence-corrected chi connectivity index (χ0v) is 9.66. The van der Waals surface area contributed by atoms with E-state index in [1.54, 1.807) is 0 Å². The summed E-state index contributed by atoms with van der Waals surface area (Å²) < 4.78 is 0. The first-order chi connectivity index (χ1) is 7.72. The number of carbonyl (C=O) groups excluding carboxylic acids is 1. The van der Waals surface area contributed by atoms with E-state index < -0.39 is 0 Å². The lowest BCUT2D eigenvalue weighted by atomic mass is 10.1. The van der Waals surface area contributed by atoms with E-state index in [0.717, 1.165) is 10.8 Å². The molecule has 0 fully saturated rings. The molecule has 0 radical (unpaired) electrons. The van der Waals surface area contributed by atoms with Crippen molar-refractivity contribution in [2.75, 3.05) is 0 Å². The molecule has 0 spiro atoms. The second-order valence-electron chi connectivity index (χ2n) is 3.55. The van der Waals surface area contributed by atoms with Crippen LogP contribution in [0.3, 0.4) is 0 Å². The molecular weight excluding hydrogens is 224 g/mol. The molecule has 0 aliphatic heterocycles. The number of fused-ring (bicyclic) bond motifs is 1. The minimum absolute atomic E-state index is 0.154. The van der Waals surface area contributed by atoms with Crippen LogP contribution in [-0.4, -0.2) is 16.0 Å². The predicted molar refractivity (Wildman–Crippen MR) is 63.6 cm³/mol. The monoisotopic (exact) mass is 234 g/mol. The van der Waals surface area contributed by atoms with Gasteiger partial charge < -0.3 is 0 Å². The Kier molecular flexibility index (Phi) is 3.15. The quantitative estimate of drug-likeness (QED) is 0.820. The van der Waals surface area contributed by atoms with Crippen LogP contribution < -0.4 is 0 Å². The lowest BCUT2D eigenvalue weighted by Gasteiger charge is -2.04. The van der Waals surface area contributed by atoms with E-state index in [1.807, 2.05) is 31.2 Å². The summed E-state index contributed by atoms with van der Waals surface area (Å²) in [6.07, 6.45) is 0.833. The van der Waals surface area contributed by atoms with E-state index in [1.165, 1.54) is 0 Å². The third-order valence-corrected chi connectivity index (χ3v) is 2.76. The molecule has 2 rings (SSSR count). The number of hydrogen-bond acceptors (Lipinski definition) is 3. The number of aromatic nitrogens is 2. The van der Waals surface area contributed by atoms with Crippen LogP contribution in [0.25, 0.3) is 10.8 Å². The number of halogens is 1. The Balaban J connectivity index is 2.54. The maximum absolute atomic E-state index is 11.4. The van der Waals surface area contributed by atoms with Gasteiger partial charge in [-0.1, -0.05) is 42.8 Å². The van der Waals surface area contributed by atoms with E-state index in [2.05, 4.69) is 10.2 Å². The molecule has 0 unspecified atom stereocenters. The minimum atomic E-state index is 0.154. The molecule has 1 aromatic heterocycles. The second-order valence-corrected chi connectivity index (χ2v) is 3.91. The molecule has 4 heteroatoms. The van der Waals surface area contributed by atoms with Crippen LogP contribution in [0, 0.1) is 0 Å². The van der Waals surface area contributed by atoms with E-state index >= 15 is 0 Å². The molecule has 1 heterocycles. The number of nitrogens with zero attached hydrogens (tertiary/aromatic N) is 2. The molecule has 0 bridgehead atoms. The molecule has 2 aromatic rings. The van der Waals surface area contributed by atoms with Crippen molar-refractivity contribution in [1.82, 2.24) is 10.2 Å². The van der Waals surface area contributed by atoms with E-state index in [9.17, 15) is 4.79 Å². The highest BCUT2D eigenvalue weighted by Crippen LogP contribution is 2.22. The van der Waals surface area contributed by atoms with Crippen molar-refractivity contribution in [2.45, 2.75) is 19.8 Å². The maximum atomic E-state index is 11.4. The number of carbonyl (C=O) groups is 1. The van der Waals surface area contributed by atoms with Gasteiger partial charge in [0.25, 0.3) is 0 Å². The highest BCUT2D eigenvalue weighted by atomic mass is 35.5. The fraction of sp³-hybridized carbons (Fsp3) is 0.250. The van der Waals surface area contributed by atoms with E-state index in [4.69, 9.17) is 11.6 Å². The SMILES string of the molecule is CCC(=O)Cc1nnc(Cl)c2ccccc12. The summed E-state index contributed by atoms with van der Waals surface area (Å²) in [7, 11) is 0. The molecule has 16 heavy (non-hydrogen) atoms. The Labute approximate surface area is 98.4 Å². The summed E-state index contributed by atoms with van der Waals surface area (Å²) in [6, 6.07) is 7.59. The van der Waals surface area contributed by atoms with Gasteiger partial charge in [0, 0.05) is 17.2 Å². The zero-order valence-electron chi connectivity index (χ0n) is 8.90. The van der Waals surface area contributed by atoms with Gasteiger partial charge in [-0.25, -0.2) is 0 Å². The van der Waals surface area contributed by atoms with Gasteiger partial charge in [-0.3, -0.25) is 4.79 Å². The third kappa shape index (κ3) is 2.04. The van der Waals surface area contributed by atoms with Crippen molar-refractivity contribution in [3.05, 3.63) is 35.1 Å². The molecule has 0 saturated heterocycles. The predicted octanol–water partition coefficient (Wildman–Crippen LogP) is 2.80. The highest BCUT2D eigenvalue weighted by molar-refractivity contribution is 6.34. The van der Waals surface area contributed by atoms with E-state index in [-0.39, 0.29) is 5.78 Å². The number of Topliss-reactive ketones (excluding diaryl/α,β-unsaturated/α-hetero) is 1. The molecule has 0 aliphatic carbocycles. The molecule has 0 N–H and O–H groups in total. The summed E-state index contributed by atoms with van der Waals surface area (Å²) >= 11 is 5.94. The summed E-state index contributed by atoms with van der Waals surface area (Å²) in [5.41, 5.74) is 0.701. The molecule has 3 nitrogen and oxygen atoms in total.